The van der Waals surface area contributed by atoms with Gasteiger partial charge >= 0.3 is 0 Å². The zero-order valence-electron chi connectivity index (χ0n) is 18.4. The molecule has 162 valence electrons. The van der Waals surface area contributed by atoms with E-state index in [0.29, 0.717) is 35.8 Å². The Balaban J connectivity index is 1.63. The Morgan fingerprint density at radius 3 is 2.77 bits per heavy atom. The molecule has 0 atom stereocenters. The highest BCUT2D eigenvalue weighted by Gasteiger charge is 2.25. The molecule has 1 amide bonds. The number of amides is 1. The lowest BCUT2D eigenvalue weighted by atomic mass is 10.0. The van der Waals surface area contributed by atoms with Crippen LogP contribution in [-0.2, 0) is 0 Å². The number of hydrogen-bond donors (Lipinski definition) is 2. The molecule has 2 heterocycles. The maximum Gasteiger partial charge on any atom is 0.253 e. The number of carbonyl (C=O) groups excluding carboxylic acids is 2. The number of aromatic nitrogens is 3. The average Bonchev–Trinajstić information content (AvgIpc) is 3.50. The van der Waals surface area contributed by atoms with E-state index >= 15 is 0 Å². The molecule has 1 aliphatic rings. The fraction of sp³-hybridized carbons (Fsp3) is 0.417. The first-order chi connectivity index (χ1) is 15.0. The molecular weight excluding hydrogens is 390 g/mol. The Kier molecular flexibility index (Phi) is 6.02. The topological polar surface area (TPSA) is 88.4 Å². The summed E-state index contributed by atoms with van der Waals surface area (Å²) in [5.41, 5.74) is 4.71. The van der Waals surface area contributed by atoms with Crippen LogP contribution in [0.4, 0.5) is 11.5 Å². The summed E-state index contributed by atoms with van der Waals surface area (Å²) in [6.07, 6.45) is 8.10. The first kappa shape index (κ1) is 21.0. The second kappa shape index (κ2) is 8.88. The predicted octanol–water partition coefficient (Wildman–Crippen LogP) is 4.60. The molecule has 2 aromatic heterocycles. The highest BCUT2D eigenvalue weighted by molar-refractivity contribution is 6.00. The maximum atomic E-state index is 12.6. The van der Waals surface area contributed by atoms with Crippen molar-refractivity contribution in [3.05, 3.63) is 53.0 Å². The number of nitrogens with zero attached hydrogens (tertiary/aromatic N) is 3. The molecule has 0 saturated heterocycles. The Labute approximate surface area is 182 Å². The molecule has 0 spiro atoms. The van der Waals surface area contributed by atoms with Gasteiger partial charge in [0.1, 0.15) is 11.8 Å². The zero-order valence-corrected chi connectivity index (χ0v) is 18.4. The van der Waals surface area contributed by atoms with Crippen molar-refractivity contribution in [1.82, 2.24) is 19.9 Å². The summed E-state index contributed by atoms with van der Waals surface area (Å²) in [4.78, 5) is 29.6. The highest BCUT2D eigenvalue weighted by atomic mass is 16.1. The Bertz CT molecular complexity index is 1130. The summed E-state index contributed by atoms with van der Waals surface area (Å²) >= 11 is 0. The normalized spacial score (nSPS) is 13.4. The van der Waals surface area contributed by atoms with Crippen LogP contribution >= 0.6 is 0 Å². The molecule has 1 fully saturated rings. The summed E-state index contributed by atoms with van der Waals surface area (Å²) in [6, 6.07) is 5.75. The third-order valence-corrected chi connectivity index (χ3v) is 5.87. The highest BCUT2D eigenvalue weighted by Crippen LogP contribution is 2.34. The molecule has 4 rings (SSSR count). The fourth-order valence-electron chi connectivity index (χ4n) is 3.71. The zero-order chi connectivity index (χ0) is 22.0. The molecule has 7 nitrogen and oxygen atoms in total. The van der Waals surface area contributed by atoms with Gasteiger partial charge in [-0.2, -0.15) is 5.10 Å². The summed E-state index contributed by atoms with van der Waals surface area (Å²) in [7, 11) is 0. The van der Waals surface area contributed by atoms with Gasteiger partial charge < -0.3 is 10.6 Å². The van der Waals surface area contributed by atoms with Crippen LogP contribution in [-0.4, -0.2) is 32.8 Å². The van der Waals surface area contributed by atoms with Crippen molar-refractivity contribution in [1.29, 1.82) is 0 Å². The van der Waals surface area contributed by atoms with Crippen LogP contribution in [0.3, 0.4) is 0 Å². The molecule has 3 aromatic rings. The number of Topliss-reactive ketones (excluding diaryl/α,β-unsaturated/α-hetero) is 1. The molecular formula is C24H29N5O2. The minimum atomic E-state index is -0.105. The van der Waals surface area contributed by atoms with E-state index in [2.05, 4.69) is 27.6 Å². The van der Waals surface area contributed by atoms with Crippen LogP contribution in [0, 0.1) is 19.8 Å². The van der Waals surface area contributed by atoms with E-state index in [-0.39, 0.29) is 11.7 Å². The Morgan fingerprint density at radius 2 is 2.03 bits per heavy atom. The van der Waals surface area contributed by atoms with Crippen LogP contribution in [0.5, 0.6) is 0 Å². The van der Waals surface area contributed by atoms with Crippen LogP contribution in [0.15, 0.2) is 30.7 Å². The van der Waals surface area contributed by atoms with Gasteiger partial charge in [-0.1, -0.05) is 25.5 Å². The molecule has 0 bridgehead atoms. The standard InChI is InChI=1S/C24H29N5O2/c1-4-5-10-25-24(31)19-13-29-22(16(19)3)23(26-14-27-29)28-20-12-18(9-6-15(20)2)21(30)11-17-7-8-17/h6,9,12-14,17H,4-5,7-8,10-11H2,1-3H3,(H,25,31)(H,26,27,28). The number of carbonyl (C=O) groups is 2. The number of rotatable bonds is 9. The lowest BCUT2D eigenvalue weighted by Gasteiger charge is -2.12. The molecule has 7 heteroatoms. The van der Waals surface area contributed by atoms with E-state index in [1.165, 1.54) is 6.33 Å². The van der Waals surface area contributed by atoms with Crippen LogP contribution in [0.25, 0.3) is 5.52 Å². The molecule has 1 saturated carbocycles. The van der Waals surface area contributed by atoms with Crippen LogP contribution in [0.2, 0.25) is 0 Å². The van der Waals surface area contributed by atoms with Gasteiger partial charge in [-0.3, -0.25) is 9.59 Å². The number of unbranched alkanes of at least 4 members (excludes halogenated alkanes) is 1. The largest absolute Gasteiger partial charge is 0.352 e. The van der Waals surface area contributed by atoms with Crippen molar-refractivity contribution in [2.45, 2.75) is 52.9 Å². The van der Waals surface area contributed by atoms with E-state index < -0.39 is 0 Å². The lowest BCUT2D eigenvalue weighted by Crippen LogP contribution is -2.24. The minimum absolute atomic E-state index is 0.105. The number of anilines is 2. The van der Waals surface area contributed by atoms with Crippen molar-refractivity contribution >= 4 is 28.7 Å². The second-order valence-electron chi connectivity index (χ2n) is 8.40. The number of hydrogen-bond acceptors (Lipinski definition) is 5. The number of aryl methyl sites for hydroxylation is 2. The van der Waals surface area contributed by atoms with E-state index in [1.807, 2.05) is 32.0 Å². The van der Waals surface area contributed by atoms with E-state index in [0.717, 1.165) is 48.0 Å². The van der Waals surface area contributed by atoms with E-state index in [9.17, 15) is 9.59 Å². The summed E-state index contributed by atoms with van der Waals surface area (Å²) in [6.45, 7) is 6.64. The van der Waals surface area contributed by atoms with E-state index in [1.54, 1.807) is 10.7 Å². The van der Waals surface area contributed by atoms with E-state index in [4.69, 9.17) is 0 Å². The molecule has 1 aliphatic carbocycles. The number of fused-ring (bicyclic) bond motifs is 1. The summed E-state index contributed by atoms with van der Waals surface area (Å²) in [5.74, 6) is 1.24. The average molecular weight is 420 g/mol. The predicted molar refractivity (Wildman–Crippen MR) is 121 cm³/mol. The van der Waals surface area contributed by atoms with Crippen molar-refractivity contribution < 1.29 is 9.59 Å². The molecule has 31 heavy (non-hydrogen) atoms. The van der Waals surface area contributed by atoms with Crippen LogP contribution < -0.4 is 10.6 Å². The number of ketones is 1. The minimum Gasteiger partial charge on any atom is -0.352 e. The summed E-state index contributed by atoms with van der Waals surface area (Å²) < 4.78 is 1.68. The molecule has 1 aromatic carbocycles. The van der Waals surface area contributed by atoms with Gasteiger partial charge in [0.2, 0.25) is 0 Å². The first-order valence-electron chi connectivity index (χ1n) is 11.0. The first-order valence-corrected chi connectivity index (χ1v) is 11.0. The molecule has 0 unspecified atom stereocenters. The second-order valence-corrected chi connectivity index (χ2v) is 8.40. The molecule has 0 aliphatic heterocycles. The van der Waals surface area contributed by atoms with Crippen LogP contribution in [0.1, 0.15) is 70.9 Å². The van der Waals surface area contributed by atoms with Gasteiger partial charge in [-0.15, -0.1) is 0 Å². The number of benzene rings is 1. The van der Waals surface area contributed by atoms with Crippen molar-refractivity contribution in [2.24, 2.45) is 5.92 Å². The SMILES string of the molecule is CCCCNC(=O)c1cn2ncnc(Nc3cc(C(=O)CC4CC4)ccc3C)c2c1C. The summed E-state index contributed by atoms with van der Waals surface area (Å²) in [5, 5.41) is 10.6. The van der Waals surface area contributed by atoms with Crippen molar-refractivity contribution in [3.63, 3.8) is 0 Å². The Hall–Kier alpha value is -3.22. The Morgan fingerprint density at radius 1 is 1.23 bits per heavy atom. The lowest BCUT2D eigenvalue weighted by molar-refractivity contribution is 0.0950. The van der Waals surface area contributed by atoms with Gasteiger partial charge in [-0.25, -0.2) is 9.50 Å². The van der Waals surface area contributed by atoms with Gasteiger partial charge in [0, 0.05) is 30.4 Å². The van der Waals surface area contributed by atoms with Crippen molar-refractivity contribution in [3.8, 4) is 0 Å². The third-order valence-electron chi connectivity index (χ3n) is 5.87. The van der Waals surface area contributed by atoms with Gasteiger partial charge in [0.05, 0.1) is 5.56 Å². The number of nitrogens with one attached hydrogen (secondary N) is 2. The molecule has 2 N–H and O–H groups in total. The molecule has 0 radical (unpaired) electrons. The van der Waals surface area contributed by atoms with Gasteiger partial charge in [-0.05, 0) is 56.2 Å². The van der Waals surface area contributed by atoms with Gasteiger partial charge in [0.15, 0.2) is 11.6 Å². The monoisotopic (exact) mass is 419 g/mol. The quantitative estimate of drug-likeness (QED) is 0.391. The smallest absolute Gasteiger partial charge is 0.253 e. The van der Waals surface area contributed by atoms with Gasteiger partial charge in [0.25, 0.3) is 5.91 Å². The van der Waals surface area contributed by atoms with Crippen molar-refractivity contribution in [2.75, 3.05) is 11.9 Å². The fourth-order valence-corrected chi connectivity index (χ4v) is 3.71. The maximum absolute atomic E-state index is 12.6. The third kappa shape index (κ3) is 4.60.